The van der Waals surface area contributed by atoms with Gasteiger partial charge in [0, 0.05) is 17.7 Å². The number of aliphatic hydroxyl groups is 1. The molecule has 1 atom stereocenters. The molecule has 0 aliphatic carbocycles. The standard InChI is InChI=1S/C23H25FN2O3/c1-15-9-11-16(12-10-15)21(27)19-20(17-7-4-5-8-18(17)24)26(23(29)22(19)28)14-6-13-25(2)3/h4-5,7-12,20,27H,6,13-14H2,1-3H3/b21-19+/t20-/m0/s1. The van der Waals surface area contributed by atoms with Crippen LogP contribution in [0.1, 0.15) is 29.2 Å². The van der Waals surface area contributed by atoms with Crippen molar-refractivity contribution < 1.29 is 19.1 Å². The number of likely N-dealkylation sites (tertiary alicyclic amines) is 1. The second kappa shape index (κ2) is 8.57. The molecule has 5 nitrogen and oxygen atoms in total. The minimum absolute atomic E-state index is 0.0752. The summed E-state index contributed by atoms with van der Waals surface area (Å²) >= 11 is 0. The monoisotopic (exact) mass is 396 g/mol. The number of rotatable bonds is 6. The fourth-order valence-corrected chi connectivity index (χ4v) is 3.56. The summed E-state index contributed by atoms with van der Waals surface area (Å²) < 4.78 is 14.6. The van der Waals surface area contributed by atoms with Crippen molar-refractivity contribution in [1.82, 2.24) is 9.80 Å². The van der Waals surface area contributed by atoms with Gasteiger partial charge in [0.05, 0.1) is 11.6 Å². The molecule has 29 heavy (non-hydrogen) atoms. The van der Waals surface area contributed by atoms with Crippen LogP contribution < -0.4 is 0 Å². The van der Waals surface area contributed by atoms with Gasteiger partial charge in [-0.1, -0.05) is 48.0 Å². The topological polar surface area (TPSA) is 60.9 Å². The lowest BCUT2D eigenvalue weighted by molar-refractivity contribution is -0.140. The number of halogens is 1. The van der Waals surface area contributed by atoms with Gasteiger partial charge in [-0.05, 0) is 40.1 Å². The summed E-state index contributed by atoms with van der Waals surface area (Å²) in [4.78, 5) is 29.0. The Kier molecular flexibility index (Phi) is 6.13. The quantitative estimate of drug-likeness (QED) is 0.461. The van der Waals surface area contributed by atoms with E-state index in [1.807, 2.05) is 25.9 Å². The number of carbonyl (C=O) groups is 2. The van der Waals surface area contributed by atoms with Crippen LogP contribution in [0.15, 0.2) is 54.1 Å². The van der Waals surface area contributed by atoms with Gasteiger partial charge in [0.1, 0.15) is 11.6 Å². The first-order valence-electron chi connectivity index (χ1n) is 9.56. The van der Waals surface area contributed by atoms with E-state index in [2.05, 4.69) is 0 Å². The highest BCUT2D eigenvalue weighted by atomic mass is 19.1. The van der Waals surface area contributed by atoms with E-state index >= 15 is 0 Å². The number of benzene rings is 2. The molecule has 0 saturated carbocycles. The van der Waals surface area contributed by atoms with Crippen molar-refractivity contribution in [2.45, 2.75) is 19.4 Å². The Bertz CT molecular complexity index is 951. The number of amides is 1. The van der Waals surface area contributed by atoms with E-state index in [1.54, 1.807) is 42.5 Å². The second-order valence-corrected chi connectivity index (χ2v) is 7.54. The highest BCUT2D eigenvalue weighted by Gasteiger charge is 2.46. The summed E-state index contributed by atoms with van der Waals surface area (Å²) in [5.41, 5.74) is 1.54. The van der Waals surface area contributed by atoms with Gasteiger partial charge in [-0.2, -0.15) is 0 Å². The van der Waals surface area contributed by atoms with E-state index in [4.69, 9.17) is 0 Å². The minimum atomic E-state index is -0.959. The summed E-state index contributed by atoms with van der Waals surface area (Å²) in [5, 5.41) is 10.9. The maximum absolute atomic E-state index is 14.6. The van der Waals surface area contributed by atoms with E-state index in [0.29, 0.717) is 18.5 Å². The lowest BCUT2D eigenvalue weighted by Crippen LogP contribution is -2.32. The molecule has 1 aliphatic rings. The number of Topliss-reactive ketones (excluding diaryl/α,β-unsaturated/α-hetero) is 1. The third-order valence-corrected chi connectivity index (χ3v) is 5.07. The normalized spacial score (nSPS) is 18.7. The SMILES string of the molecule is Cc1ccc(/C(O)=C2\C(=O)C(=O)N(CCCN(C)C)[C@H]2c2ccccc2F)cc1. The third kappa shape index (κ3) is 4.22. The molecule has 1 saturated heterocycles. The molecule has 1 aliphatic heterocycles. The Morgan fingerprint density at radius 3 is 2.38 bits per heavy atom. The Morgan fingerprint density at radius 1 is 1.10 bits per heavy atom. The number of ketones is 1. The fraction of sp³-hybridized carbons (Fsp3) is 0.304. The largest absolute Gasteiger partial charge is 0.507 e. The smallest absolute Gasteiger partial charge is 0.295 e. The molecule has 0 spiro atoms. The van der Waals surface area contributed by atoms with Crippen LogP contribution >= 0.6 is 0 Å². The van der Waals surface area contributed by atoms with Gasteiger partial charge in [0.15, 0.2) is 0 Å². The lowest BCUT2D eigenvalue weighted by Gasteiger charge is -2.26. The summed E-state index contributed by atoms with van der Waals surface area (Å²) in [7, 11) is 3.83. The van der Waals surface area contributed by atoms with Gasteiger partial charge in [-0.15, -0.1) is 0 Å². The zero-order valence-electron chi connectivity index (χ0n) is 16.9. The molecule has 0 unspecified atom stereocenters. The van der Waals surface area contributed by atoms with Crippen LogP contribution in [0, 0.1) is 12.7 Å². The van der Waals surface area contributed by atoms with E-state index < -0.39 is 23.5 Å². The number of hydrogen-bond acceptors (Lipinski definition) is 4. The molecule has 1 fully saturated rings. The third-order valence-electron chi connectivity index (χ3n) is 5.07. The lowest BCUT2D eigenvalue weighted by atomic mass is 9.94. The Morgan fingerprint density at radius 2 is 1.76 bits per heavy atom. The molecule has 2 aromatic rings. The van der Waals surface area contributed by atoms with E-state index in [-0.39, 0.29) is 23.4 Å². The number of nitrogens with zero attached hydrogens (tertiary/aromatic N) is 2. The number of aliphatic hydroxyl groups excluding tert-OH is 1. The minimum Gasteiger partial charge on any atom is -0.507 e. The summed E-state index contributed by atoms with van der Waals surface area (Å²) in [5.74, 6) is -2.31. The van der Waals surface area contributed by atoms with Crippen LogP contribution in [0.5, 0.6) is 0 Å². The van der Waals surface area contributed by atoms with Crippen molar-refractivity contribution >= 4 is 17.4 Å². The molecule has 6 heteroatoms. The zero-order valence-corrected chi connectivity index (χ0v) is 16.9. The van der Waals surface area contributed by atoms with Crippen molar-refractivity contribution in [3.8, 4) is 0 Å². The molecule has 1 heterocycles. The summed E-state index contributed by atoms with van der Waals surface area (Å²) in [6, 6.07) is 12.1. The van der Waals surface area contributed by atoms with Crippen LogP contribution in [0.25, 0.3) is 5.76 Å². The van der Waals surface area contributed by atoms with Crippen molar-refractivity contribution in [3.05, 3.63) is 76.6 Å². The predicted molar refractivity (Wildman–Crippen MR) is 110 cm³/mol. The van der Waals surface area contributed by atoms with Crippen LogP contribution in [-0.4, -0.2) is 53.8 Å². The van der Waals surface area contributed by atoms with Gasteiger partial charge in [-0.25, -0.2) is 4.39 Å². The molecule has 1 amide bonds. The van der Waals surface area contributed by atoms with Crippen molar-refractivity contribution in [2.75, 3.05) is 27.2 Å². The highest BCUT2D eigenvalue weighted by molar-refractivity contribution is 6.46. The molecule has 3 rings (SSSR count). The first-order valence-corrected chi connectivity index (χ1v) is 9.56. The first-order chi connectivity index (χ1) is 13.8. The van der Waals surface area contributed by atoms with Crippen LogP contribution in [0.2, 0.25) is 0 Å². The average molecular weight is 396 g/mol. The number of aryl methyl sites for hydroxylation is 1. The summed E-state index contributed by atoms with van der Waals surface area (Å²) in [6.07, 6.45) is 0.621. The molecule has 0 radical (unpaired) electrons. The average Bonchev–Trinajstić information content (AvgIpc) is 2.93. The second-order valence-electron chi connectivity index (χ2n) is 7.54. The Labute approximate surface area is 170 Å². The molecule has 152 valence electrons. The van der Waals surface area contributed by atoms with E-state index in [1.165, 1.54) is 11.0 Å². The highest BCUT2D eigenvalue weighted by Crippen LogP contribution is 2.40. The Balaban J connectivity index is 2.11. The van der Waals surface area contributed by atoms with Crippen LogP contribution in [0.4, 0.5) is 4.39 Å². The van der Waals surface area contributed by atoms with E-state index in [9.17, 15) is 19.1 Å². The van der Waals surface area contributed by atoms with Crippen molar-refractivity contribution in [3.63, 3.8) is 0 Å². The maximum atomic E-state index is 14.6. The fourth-order valence-electron chi connectivity index (χ4n) is 3.56. The van der Waals surface area contributed by atoms with Crippen molar-refractivity contribution in [1.29, 1.82) is 0 Å². The molecule has 0 bridgehead atoms. The molecule has 1 N–H and O–H groups in total. The van der Waals surface area contributed by atoms with Crippen LogP contribution in [-0.2, 0) is 9.59 Å². The number of hydrogen-bond donors (Lipinski definition) is 1. The van der Waals surface area contributed by atoms with Crippen LogP contribution in [0.3, 0.4) is 0 Å². The van der Waals surface area contributed by atoms with E-state index in [0.717, 1.165) is 5.56 Å². The van der Waals surface area contributed by atoms with Gasteiger partial charge in [-0.3, -0.25) is 9.59 Å². The van der Waals surface area contributed by atoms with Gasteiger partial charge >= 0.3 is 0 Å². The summed E-state index contributed by atoms with van der Waals surface area (Å²) in [6.45, 7) is 2.91. The number of carbonyl (C=O) groups excluding carboxylic acids is 2. The first kappa shape index (κ1) is 20.7. The van der Waals surface area contributed by atoms with Gasteiger partial charge in [0.2, 0.25) is 0 Å². The Hall–Kier alpha value is -2.99. The predicted octanol–water partition coefficient (Wildman–Crippen LogP) is 3.51. The van der Waals surface area contributed by atoms with Gasteiger partial charge < -0.3 is 14.9 Å². The van der Waals surface area contributed by atoms with Crippen molar-refractivity contribution in [2.24, 2.45) is 0 Å². The molecular weight excluding hydrogens is 371 g/mol. The zero-order chi connectivity index (χ0) is 21.1. The maximum Gasteiger partial charge on any atom is 0.295 e. The molecular formula is C23H25FN2O3. The molecule has 2 aromatic carbocycles. The molecule has 0 aromatic heterocycles. The van der Waals surface area contributed by atoms with Gasteiger partial charge in [0.25, 0.3) is 11.7 Å².